The first kappa shape index (κ1) is 19.7. The summed E-state index contributed by atoms with van der Waals surface area (Å²) in [6.45, 7) is 13.4. The summed E-state index contributed by atoms with van der Waals surface area (Å²) < 4.78 is 5.47. The summed E-state index contributed by atoms with van der Waals surface area (Å²) in [4.78, 5) is 28.2. The molecule has 2 N–H and O–H groups in total. The first-order valence-electron chi connectivity index (χ1n) is 8.60. The molecule has 1 aliphatic heterocycles. The second-order valence-corrected chi connectivity index (χ2v) is 7.59. The van der Waals surface area contributed by atoms with Crippen LogP contribution in [0.5, 0.6) is 0 Å². The quantitative estimate of drug-likeness (QED) is 0.859. The van der Waals surface area contributed by atoms with Gasteiger partial charge in [-0.2, -0.15) is 0 Å². The number of likely N-dealkylation sites (tertiary alicyclic amines) is 1. The Morgan fingerprint density at radius 1 is 1.26 bits per heavy atom. The van der Waals surface area contributed by atoms with Gasteiger partial charge in [0.2, 0.25) is 5.91 Å². The lowest BCUT2D eigenvalue weighted by molar-refractivity contribution is -0.135. The number of carbonyl (C=O) groups is 2. The summed E-state index contributed by atoms with van der Waals surface area (Å²) in [6.07, 6.45) is 1.26. The summed E-state index contributed by atoms with van der Waals surface area (Å²) in [7, 11) is 0. The summed E-state index contributed by atoms with van der Waals surface area (Å²) in [5.41, 5.74) is 5.46. The summed E-state index contributed by atoms with van der Waals surface area (Å²) in [5.74, 6) is 0.146. The van der Waals surface area contributed by atoms with Crippen molar-refractivity contribution in [2.24, 2.45) is 11.7 Å². The van der Waals surface area contributed by atoms with Crippen LogP contribution < -0.4 is 5.73 Å². The SMILES string of the molecule is CCN(C(=O)OC(C)(C)C)C1CCN(C(=O)C(N)C(C)C)CC1. The molecule has 6 heteroatoms. The topological polar surface area (TPSA) is 75.9 Å². The zero-order valence-electron chi connectivity index (χ0n) is 15.5. The van der Waals surface area contributed by atoms with Gasteiger partial charge in [-0.15, -0.1) is 0 Å². The van der Waals surface area contributed by atoms with Gasteiger partial charge < -0.3 is 20.3 Å². The molecule has 1 fully saturated rings. The number of hydrogen-bond acceptors (Lipinski definition) is 4. The molecule has 0 saturated carbocycles. The molecular weight excluding hydrogens is 294 g/mol. The monoisotopic (exact) mass is 327 g/mol. The van der Waals surface area contributed by atoms with E-state index in [-0.39, 0.29) is 24.0 Å². The van der Waals surface area contributed by atoms with Crippen LogP contribution in [0.15, 0.2) is 0 Å². The molecule has 2 amide bonds. The van der Waals surface area contributed by atoms with E-state index in [1.165, 1.54) is 0 Å². The lowest BCUT2D eigenvalue weighted by Gasteiger charge is -2.39. The number of carbonyl (C=O) groups excluding carboxylic acids is 2. The average molecular weight is 327 g/mol. The molecule has 0 spiro atoms. The molecular formula is C17H33N3O3. The molecule has 6 nitrogen and oxygen atoms in total. The van der Waals surface area contributed by atoms with Gasteiger partial charge in [0.25, 0.3) is 0 Å². The molecule has 23 heavy (non-hydrogen) atoms. The van der Waals surface area contributed by atoms with Crippen LogP contribution in [-0.4, -0.2) is 59.1 Å². The van der Waals surface area contributed by atoms with Crippen LogP contribution in [0.1, 0.15) is 54.4 Å². The molecule has 0 aromatic rings. The van der Waals surface area contributed by atoms with E-state index in [0.29, 0.717) is 19.6 Å². The number of hydrogen-bond donors (Lipinski definition) is 1. The van der Waals surface area contributed by atoms with Gasteiger partial charge in [0.05, 0.1) is 6.04 Å². The Bertz CT molecular complexity index is 410. The minimum atomic E-state index is -0.495. The van der Waals surface area contributed by atoms with Gasteiger partial charge in [0, 0.05) is 25.7 Å². The van der Waals surface area contributed by atoms with Crippen molar-refractivity contribution in [3.05, 3.63) is 0 Å². The molecule has 0 radical (unpaired) electrons. The van der Waals surface area contributed by atoms with E-state index in [1.54, 1.807) is 4.90 Å². The maximum Gasteiger partial charge on any atom is 0.410 e. The third kappa shape index (κ3) is 5.68. The number of amides is 2. The largest absolute Gasteiger partial charge is 0.444 e. The zero-order valence-corrected chi connectivity index (χ0v) is 15.5. The second-order valence-electron chi connectivity index (χ2n) is 7.59. The Hall–Kier alpha value is -1.30. The lowest BCUT2D eigenvalue weighted by atomic mass is 9.99. The fourth-order valence-electron chi connectivity index (χ4n) is 2.75. The van der Waals surface area contributed by atoms with Crippen molar-refractivity contribution in [3.8, 4) is 0 Å². The number of nitrogens with two attached hydrogens (primary N) is 1. The molecule has 0 aromatic carbocycles. The van der Waals surface area contributed by atoms with E-state index in [4.69, 9.17) is 10.5 Å². The fraction of sp³-hybridized carbons (Fsp3) is 0.882. The zero-order chi connectivity index (χ0) is 17.8. The van der Waals surface area contributed by atoms with Crippen LogP contribution in [0.25, 0.3) is 0 Å². The Morgan fingerprint density at radius 3 is 2.17 bits per heavy atom. The summed E-state index contributed by atoms with van der Waals surface area (Å²) in [5, 5.41) is 0. The highest BCUT2D eigenvalue weighted by Crippen LogP contribution is 2.20. The first-order chi connectivity index (χ1) is 10.6. The predicted molar refractivity (Wildman–Crippen MR) is 91.0 cm³/mol. The van der Waals surface area contributed by atoms with E-state index >= 15 is 0 Å². The lowest BCUT2D eigenvalue weighted by Crippen LogP contribution is -2.53. The van der Waals surface area contributed by atoms with Gasteiger partial charge in [-0.25, -0.2) is 4.79 Å². The summed E-state index contributed by atoms with van der Waals surface area (Å²) >= 11 is 0. The molecule has 0 aliphatic carbocycles. The van der Waals surface area contributed by atoms with E-state index in [9.17, 15) is 9.59 Å². The van der Waals surface area contributed by atoms with Crippen molar-refractivity contribution in [2.75, 3.05) is 19.6 Å². The number of rotatable bonds is 4. The van der Waals surface area contributed by atoms with Crippen LogP contribution in [0, 0.1) is 5.92 Å². The van der Waals surface area contributed by atoms with Crippen molar-refractivity contribution in [1.82, 2.24) is 9.80 Å². The predicted octanol–water partition coefficient (Wildman–Crippen LogP) is 2.22. The molecule has 0 aromatic heterocycles. The molecule has 1 heterocycles. The van der Waals surface area contributed by atoms with E-state index in [2.05, 4.69) is 0 Å². The Kier molecular flexibility index (Phi) is 6.86. The Balaban J connectivity index is 2.60. The fourth-order valence-corrected chi connectivity index (χ4v) is 2.75. The number of piperidine rings is 1. The van der Waals surface area contributed by atoms with Gasteiger partial charge in [0.15, 0.2) is 0 Å². The normalized spacial score (nSPS) is 18.0. The summed E-state index contributed by atoms with van der Waals surface area (Å²) in [6, 6.07) is -0.325. The van der Waals surface area contributed by atoms with Crippen LogP contribution in [0.4, 0.5) is 4.79 Å². The van der Waals surface area contributed by atoms with Crippen LogP contribution in [0.3, 0.4) is 0 Å². The molecule has 1 aliphatic rings. The van der Waals surface area contributed by atoms with Crippen LogP contribution in [-0.2, 0) is 9.53 Å². The average Bonchev–Trinajstić information content (AvgIpc) is 2.45. The highest BCUT2D eigenvalue weighted by atomic mass is 16.6. The number of ether oxygens (including phenoxy) is 1. The Morgan fingerprint density at radius 2 is 1.78 bits per heavy atom. The highest BCUT2D eigenvalue weighted by molar-refractivity contribution is 5.82. The van der Waals surface area contributed by atoms with Gasteiger partial charge in [-0.3, -0.25) is 4.79 Å². The standard InChI is InChI=1S/C17H33N3O3/c1-7-20(16(22)23-17(4,5)6)13-8-10-19(11-9-13)15(21)14(18)12(2)3/h12-14H,7-11,18H2,1-6H3. The van der Waals surface area contributed by atoms with Crippen molar-refractivity contribution in [2.45, 2.75) is 72.1 Å². The molecule has 1 rings (SSSR count). The van der Waals surface area contributed by atoms with Gasteiger partial charge in [0.1, 0.15) is 5.60 Å². The third-order valence-electron chi connectivity index (χ3n) is 4.19. The van der Waals surface area contributed by atoms with Crippen molar-refractivity contribution >= 4 is 12.0 Å². The number of nitrogens with zero attached hydrogens (tertiary/aromatic N) is 2. The van der Waals surface area contributed by atoms with Crippen molar-refractivity contribution < 1.29 is 14.3 Å². The minimum absolute atomic E-state index is 0.0127. The van der Waals surface area contributed by atoms with E-state index in [1.807, 2.05) is 46.4 Å². The molecule has 0 bridgehead atoms. The maximum absolute atomic E-state index is 12.3. The van der Waals surface area contributed by atoms with Crippen LogP contribution >= 0.6 is 0 Å². The Labute approximate surface area is 140 Å². The smallest absolute Gasteiger partial charge is 0.410 e. The van der Waals surface area contributed by atoms with Gasteiger partial charge >= 0.3 is 6.09 Å². The molecule has 1 atom stereocenters. The van der Waals surface area contributed by atoms with Gasteiger partial charge in [-0.1, -0.05) is 13.8 Å². The van der Waals surface area contributed by atoms with E-state index < -0.39 is 11.6 Å². The minimum Gasteiger partial charge on any atom is -0.444 e. The first-order valence-corrected chi connectivity index (χ1v) is 8.60. The van der Waals surface area contributed by atoms with E-state index in [0.717, 1.165) is 12.8 Å². The van der Waals surface area contributed by atoms with Gasteiger partial charge in [-0.05, 0) is 46.5 Å². The van der Waals surface area contributed by atoms with Crippen molar-refractivity contribution in [3.63, 3.8) is 0 Å². The molecule has 134 valence electrons. The maximum atomic E-state index is 12.3. The van der Waals surface area contributed by atoms with Crippen LogP contribution in [0.2, 0.25) is 0 Å². The van der Waals surface area contributed by atoms with Crippen molar-refractivity contribution in [1.29, 1.82) is 0 Å². The molecule has 1 saturated heterocycles. The second kappa shape index (κ2) is 7.99. The third-order valence-corrected chi connectivity index (χ3v) is 4.19. The molecule has 1 unspecified atom stereocenters. The highest BCUT2D eigenvalue weighted by Gasteiger charge is 2.32.